The Morgan fingerprint density at radius 3 is 2.22 bits per heavy atom. The number of imidazole rings is 1. The van der Waals surface area contributed by atoms with Gasteiger partial charge in [0.05, 0.1) is 20.4 Å². The molecule has 0 aliphatic carbocycles. The van der Waals surface area contributed by atoms with Crippen LogP contribution in [0.2, 0.25) is 0 Å². The summed E-state index contributed by atoms with van der Waals surface area (Å²) in [5, 5.41) is 15.7. The second-order valence-corrected chi connectivity index (χ2v) is 7.18. The molecule has 0 amide bonds. The molecule has 0 atom stereocenters. The third-order valence-corrected chi connectivity index (χ3v) is 5.46. The summed E-state index contributed by atoms with van der Waals surface area (Å²) < 4.78 is 0.447. The van der Waals surface area contributed by atoms with E-state index in [2.05, 4.69) is 45.2 Å². The Labute approximate surface area is 161 Å². The summed E-state index contributed by atoms with van der Waals surface area (Å²) in [5.74, 6) is 0.613. The van der Waals surface area contributed by atoms with Gasteiger partial charge in [-0.15, -0.1) is 0 Å². The highest BCUT2D eigenvalue weighted by Gasteiger charge is 2.17. The maximum atomic E-state index is 11.3. The number of hydrogen-bond donors (Lipinski definition) is 1. The molecule has 0 spiro atoms. The smallest absolute Gasteiger partial charge is 0.284 e. The van der Waals surface area contributed by atoms with Crippen LogP contribution < -0.4 is 0 Å². The van der Waals surface area contributed by atoms with Crippen molar-refractivity contribution in [2.75, 3.05) is 0 Å². The molecule has 5 nitrogen and oxygen atoms in total. The average molecular weight is 418 g/mol. The summed E-state index contributed by atoms with van der Waals surface area (Å²) >= 11 is 3.23. The van der Waals surface area contributed by atoms with Gasteiger partial charge in [-0.2, -0.15) is 0 Å². The van der Waals surface area contributed by atoms with Gasteiger partial charge >= 0.3 is 0 Å². The first kappa shape index (κ1) is 16.0. The van der Waals surface area contributed by atoms with Crippen LogP contribution in [0, 0.1) is 10.1 Å². The number of hydrogen-bond acceptors (Lipinski definition) is 3. The Bertz CT molecular complexity index is 1300. The lowest BCUT2D eigenvalue weighted by Gasteiger charge is -2.05. The number of aromatic amines is 1. The number of H-pyrrole nitrogens is 1. The fourth-order valence-electron chi connectivity index (χ4n) is 3.56. The molecule has 0 saturated heterocycles. The number of nitrogens with zero attached hydrogens (tertiary/aromatic N) is 2. The number of rotatable bonds is 2. The zero-order valence-corrected chi connectivity index (χ0v) is 15.5. The maximum absolute atomic E-state index is 11.3. The topological polar surface area (TPSA) is 71.8 Å². The highest BCUT2D eigenvalue weighted by molar-refractivity contribution is 9.10. The molecule has 6 heteroatoms. The third kappa shape index (κ3) is 2.41. The molecule has 0 unspecified atom stereocenters. The predicted molar refractivity (Wildman–Crippen MR) is 111 cm³/mol. The summed E-state index contributed by atoms with van der Waals surface area (Å²) in [7, 11) is 0. The first-order valence-electron chi connectivity index (χ1n) is 8.37. The van der Waals surface area contributed by atoms with Crippen molar-refractivity contribution in [3.63, 3.8) is 0 Å². The van der Waals surface area contributed by atoms with E-state index in [4.69, 9.17) is 4.98 Å². The number of nitro groups is 1. The SMILES string of the molecule is O=[N+]([O-])c1cc(-c2nc3c4ccccc4c4ccccc4c3[nH]2)ccc1Br. The van der Waals surface area contributed by atoms with Crippen LogP contribution in [0.3, 0.4) is 0 Å². The van der Waals surface area contributed by atoms with Gasteiger partial charge < -0.3 is 4.98 Å². The van der Waals surface area contributed by atoms with Gasteiger partial charge in [0.1, 0.15) is 5.82 Å². The Morgan fingerprint density at radius 1 is 0.889 bits per heavy atom. The van der Waals surface area contributed by atoms with Crippen LogP contribution in [0.1, 0.15) is 0 Å². The third-order valence-electron chi connectivity index (χ3n) is 4.79. The molecule has 0 aliphatic heterocycles. The second-order valence-electron chi connectivity index (χ2n) is 6.32. The van der Waals surface area contributed by atoms with Gasteiger partial charge in [-0.3, -0.25) is 10.1 Å². The van der Waals surface area contributed by atoms with Gasteiger partial charge in [0.25, 0.3) is 5.69 Å². The molecule has 0 fully saturated rings. The van der Waals surface area contributed by atoms with Crippen molar-refractivity contribution in [3.8, 4) is 11.4 Å². The molecule has 130 valence electrons. The van der Waals surface area contributed by atoms with E-state index in [1.54, 1.807) is 6.07 Å². The van der Waals surface area contributed by atoms with Gasteiger partial charge in [0, 0.05) is 22.4 Å². The zero-order valence-electron chi connectivity index (χ0n) is 13.9. The van der Waals surface area contributed by atoms with Gasteiger partial charge in [-0.1, -0.05) is 48.5 Å². The van der Waals surface area contributed by atoms with Gasteiger partial charge in [-0.25, -0.2) is 4.98 Å². The fourth-order valence-corrected chi connectivity index (χ4v) is 3.95. The van der Waals surface area contributed by atoms with Crippen LogP contribution in [0.5, 0.6) is 0 Å². The summed E-state index contributed by atoms with van der Waals surface area (Å²) in [6.07, 6.45) is 0. The summed E-state index contributed by atoms with van der Waals surface area (Å²) in [5.41, 5.74) is 2.49. The molecule has 4 aromatic carbocycles. The molecule has 1 aromatic heterocycles. The predicted octanol–water partition coefficient (Wildman–Crippen LogP) is 6.21. The Hall–Kier alpha value is -3.25. The minimum absolute atomic E-state index is 0.0164. The minimum atomic E-state index is -0.402. The van der Waals surface area contributed by atoms with Crippen molar-refractivity contribution >= 4 is 54.2 Å². The fraction of sp³-hybridized carbons (Fsp3) is 0. The molecule has 0 aliphatic rings. The van der Waals surface area contributed by atoms with E-state index in [-0.39, 0.29) is 5.69 Å². The molecule has 5 rings (SSSR count). The molecule has 0 bridgehead atoms. The number of fused-ring (bicyclic) bond motifs is 6. The van der Waals surface area contributed by atoms with E-state index in [1.807, 2.05) is 30.3 Å². The zero-order chi connectivity index (χ0) is 18.5. The number of nitrogens with one attached hydrogen (secondary N) is 1. The van der Waals surface area contributed by atoms with E-state index in [9.17, 15) is 10.1 Å². The molecular weight excluding hydrogens is 406 g/mol. The largest absolute Gasteiger partial charge is 0.337 e. The van der Waals surface area contributed by atoms with Crippen molar-refractivity contribution in [3.05, 3.63) is 81.3 Å². The quantitative estimate of drug-likeness (QED) is 0.211. The van der Waals surface area contributed by atoms with Gasteiger partial charge in [0.15, 0.2) is 0 Å². The van der Waals surface area contributed by atoms with Crippen LogP contribution >= 0.6 is 15.9 Å². The molecule has 0 radical (unpaired) electrons. The van der Waals surface area contributed by atoms with Gasteiger partial charge in [-0.05, 0) is 38.8 Å². The molecule has 1 N–H and O–H groups in total. The van der Waals surface area contributed by atoms with Crippen LogP contribution in [-0.4, -0.2) is 14.9 Å². The van der Waals surface area contributed by atoms with Crippen LogP contribution in [0.4, 0.5) is 5.69 Å². The van der Waals surface area contributed by atoms with Gasteiger partial charge in [0.2, 0.25) is 0 Å². The second kappa shape index (κ2) is 5.89. The molecule has 1 heterocycles. The molecular formula is C21H12BrN3O2. The van der Waals surface area contributed by atoms with Crippen LogP contribution in [-0.2, 0) is 0 Å². The number of nitro benzene ring substituents is 1. The first-order valence-corrected chi connectivity index (χ1v) is 9.16. The van der Waals surface area contributed by atoms with Crippen molar-refractivity contribution < 1.29 is 4.92 Å². The summed E-state index contributed by atoms with van der Waals surface area (Å²) in [6.45, 7) is 0. The lowest BCUT2D eigenvalue weighted by molar-refractivity contribution is -0.385. The Balaban J connectivity index is 1.87. The van der Waals surface area contributed by atoms with Crippen molar-refractivity contribution in [1.82, 2.24) is 9.97 Å². The Morgan fingerprint density at radius 2 is 1.52 bits per heavy atom. The molecule has 27 heavy (non-hydrogen) atoms. The van der Waals surface area contributed by atoms with E-state index < -0.39 is 4.92 Å². The minimum Gasteiger partial charge on any atom is -0.337 e. The monoisotopic (exact) mass is 417 g/mol. The normalized spacial score (nSPS) is 11.4. The molecule has 0 saturated carbocycles. The van der Waals surface area contributed by atoms with Crippen molar-refractivity contribution in [1.29, 1.82) is 0 Å². The molecule has 5 aromatic rings. The number of halogens is 1. The highest BCUT2D eigenvalue weighted by atomic mass is 79.9. The van der Waals surface area contributed by atoms with Crippen LogP contribution in [0.25, 0.3) is 44.0 Å². The summed E-state index contributed by atoms with van der Waals surface area (Å²) in [4.78, 5) is 19.1. The summed E-state index contributed by atoms with van der Waals surface area (Å²) in [6, 6.07) is 21.4. The van der Waals surface area contributed by atoms with E-state index >= 15 is 0 Å². The highest BCUT2D eigenvalue weighted by Crippen LogP contribution is 2.36. The first-order chi connectivity index (χ1) is 13.1. The maximum Gasteiger partial charge on any atom is 0.284 e. The number of aromatic nitrogens is 2. The lowest BCUT2D eigenvalue weighted by Crippen LogP contribution is -1.90. The average Bonchev–Trinajstić information content (AvgIpc) is 3.14. The number of benzene rings is 4. The van der Waals surface area contributed by atoms with Crippen molar-refractivity contribution in [2.24, 2.45) is 0 Å². The Kier molecular flexibility index (Phi) is 3.48. The van der Waals surface area contributed by atoms with E-state index in [0.29, 0.717) is 15.9 Å². The van der Waals surface area contributed by atoms with Crippen LogP contribution in [0.15, 0.2) is 71.2 Å². The lowest BCUT2D eigenvalue weighted by atomic mass is 10.0. The van der Waals surface area contributed by atoms with E-state index in [1.165, 1.54) is 6.07 Å². The standard InChI is InChI=1S/C21H12BrN3O2/c22-17-10-9-12(11-18(17)25(26)27)21-23-19-15-7-3-1-5-13(15)14-6-2-4-8-16(14)20(19)24-21/h1-11H,(H,23,24). The van der Waals surface area contributed by atoms with Crippen molar-refractivity contribution in [2.45, 2.75) is 0 Å². The van der Waals surface area contributed by atoms with E-state index in [0.717, 1.165) is 32.6 Å².